The van der Waals surface area contributed by atoms with Crippen molar-refractivity contribution in [2.75, 3.05) is 25.1 Å². The van der Waals surface area contributed by atoms with Crippen LogP contribution in [0.15, 0.2) is 34.1 Å². The molecule has 10 heteroatoms. The Kier molecular flexibility index (Phi) is 5.45. The number of sulfone groups is 2. The first-order valence-corrected chi connectivity index (χ1v) is 11.2. The molecule has 140 valence electrons. The van der Waals surface area contributed by atoms with E-state index in [4.69, 9.17) is 5.11 Å². The van der Waals surface area contributed by atoms with Crippen LogP contribution in [0.1, 0.15) is 19.3 Å². The van der Waals surface area contributed by atoms with Crippen molar-refractivity contribution in [2.24, 2.45) is 0 Å². The molecule has 0 bridgehead atoms. The van der Waals surface area contributed by atoms with Gasteiger partial charge in [0, 0.05) is 19.3 Å². The lowest BCUT2D eigenvalue weighted by molar-refractivity contribution is -0.0188. The van der Waals surface area contributed by atoms with Gasteiger partial charge in [-0.15, -0.1) is 0 Å². The molecule has 0 spiro atoms. The molecule has 1 aliphatic rings. The number of likely N-dealkylation sites (tertiary alicyclic amines) is 1. The number of piperidine rings is 1. The number of carboxylic acid groups (broad SMARTS) is 1. The molecule has 1 aromatic carbocycles. The van der Waals surface area contributed by atoms with E-state index in [1.54, 1.807) is 0 Å². The molecule has 8 nitrogen and oxygen atoms in total. The van der Waals surface area contributed by atoms with Gasteiger partial charge in [0.2, 0.25) is 0 Å². The average Bonchev–Trinajstić information content (AvgIpc) is 2.53. The minimum atomic E-state index is -3.67. The van der Waals surface area contributed by atoms with E-state index in [0.717, 1.165) is 6.26 Å². The Hall–Kier alpha value is -1.65. The van der Waals surface area contributed by atoms with Crippen molar-refractivity contribution in [2.45, 2.75) is 34.7 Å². The zero-order chi connectivity index (χ0) is 18.9. The number of nitrogens with zero attached hydrogens (tertiary/aromatic N) is 1. The van der Waals surface area contributed by atoms with E-state index in [9.17, 15) is 26.7 Å². The normalized spacial score (nSPS) is 18.1. The lowest BCUT2D eigenvalue weighted by Crippen LogP contribution is -2.46. The van der Waals surface area contributed by atoms with Crippen molar-refractivity contribution in [3.8, 4) is 0 Å². The highest BCUT2D eigenvalue weighted by atomic mass is 32.2. The van der Waals surface area contributed by atoms with Crippen molar-refractivity contribution < 1.29 is 31.8 Å². The summed E-state index contributed by atoms with van der Waals surface area (Å²) < 4.78 is 47.6. The quantitative estimate of drug-likeness (QED) is 0.758. The van der Waals surface area contributed by atoms with Gasteiger partial charge in [0.15, 0.2) is 19.7 Å². The van der Waals surface area contributed by atoms with Crippen LogP contribution < -0.4 is 0 Å². The summed E-state index contributed by atoms with van der Waals surface area (Å²) in [5.41, 5.74) is -1.22. The second-order valence-electron chi connectivity index (χ2n) is 6.31. The van der Waals surface area contributed by atoms with E-state index >= 15 is 0 Å². The maximum absolute atomic E-state index is 12.4. The van der Waals surface area contributed by atoms with Crippen molar-refractivity contribution in [3.05, 3.63) is 24.3 Å². The van der Waals surface area contributed by atoms with Crippen LogP contribution in [0.5, 0.6) is 0 Å². The van der Waals surface area contributed by atoms with Crippen LogP contribution in [0.2, 0.25) is 0 Å². The molecule has 1 aliphatic heterocycles. The van der Waals surface area contributed by atoms with Gasteiger partial charge >= 0.3 is 6.09 Å². The van der Waals surface area contributed by atoms with Crippen LogP contribution in [0.25, 0.3) is 0 Å². The molecule has 1 fully saturated rings. The molecular formula is C15H21NO7S2. The van der Waals surface area contributed by atoms with Crippen molar-refractivity contribution in [1.29, 1.82) is 0 Å². The Balaban J connectivity index is 2.03. The highest BCUT2D eigenvalue weighted by molar-refractivity contribution is 7.91. The SMILES string of the molecule is CS(=O)(=O)c1ccc(S(=O)(=O)CCC2(O)CCN(C(=O)O)CC2)cc1. The first-order chi connectivity index (χ1) is 11.4. The molecule has 0 radical (unpaired) electrons. The van der Waals surface area contributed by atoms with Crippen molar-refractivity contribution >= 4 is 25.8 Å². The maximum Gasteiger partial charge on any atom is 0.407 e. The second-order valence-corrected chi connectivity index (χ2v) is 10.4. The van der Waals surface area contributed by atoms with E-state index in [0.29, 0.717) is 0 Å². The highest BCUT2D eigenvalue weighted by Crippen LogP contribution is 2.27. The zero-order valence-electron chi connectivity index (χ0n) is 13.8. The fourth-order valence-corrected chi connectivity index (χ4v) is 4.77. The molecule has 0 atom stereocenters. The van der Waals surface area contributed by atoms with E-state index in [1.807, 2.05) is 0 Å². The van der Waals surface area contributed by atoms with Gasteiger partial charge in [-0.25, -0.2) is 21.6 Å². The van der Waals surface area contributed by atoms with Crippen LogP contribution in [0, 0.1) is 0 Å². The third-order valence-electron chi connectivity index (χ3n) is 4.41. The highest BCUT2D eigenvalue weighted by Gasteiger charge is 2.35. The molecule has 0 unspecified atom stereocenters. The first-order valence-electron chi connectivity index (χ1n) is 7.66. The van der Waals surface area contributed by atoms with Crippen LogP contribution in [0.3, 0.4) is 0 Å². The summed E-state index contributed by atoms with van der Waals surface area (Å²) in [5, 5.41) is 19.4. The van der Waals surface area contributed by atoms with Crippen LogP contribution >= 0.6 is 0 Å². The predicted molar refractivity (Wildman–Crippen MR) is 90.0 cm³/mol. The molecule has 0 aliphatic carbocycles. The number of rotatable bonds is 5. The van der Waals surface area contributed by atoms with Gasteiger partial charge in [-0.3, -0.25) is 0 Å². The van der Waals surface area contributed by atoms with Crippen LogP contribution in [-0.2, 0) is 19.7 Å². The number of hydrogen-bond donors (Lipinski definition) is 2. The monoisotopic (exact) mass is 391 g/mol. The summed E-state index contributed by atoms with van der Waals surface area (Å²) in [5.74, 6) is -0.297. The standard InChI is InChI=1S/C15H21NO7S2/c1-24(20,21)12-2-4-13(5-3-12)25(22,23)11-8-15(19)6-9-16(10-7-15)14(17)18/h2-5,19H,6-11H2,1H3,(H,17,18). The van der Waals surface area contributed by atoms with E-state index in [-0.39, 0.29) is 47.9 Å². The molecule has 1 heterocycles. The lowest BCUT2D eigenvalue weighted by Gasteiger charge is -2.36. The summed E-state index contributed by atoms with van der Waals surface area (Å²) in [4.78, 5) is 12.1. The Morgan fingerprint density at radius 1 is 1.08 bits per heavy atom. The molecule has 2 rings (SSSR count). The average molecular weight is 391 g/mol. The van der Waals surface area contributed by atoms with Gasteiger partial charge in [0.25, 0.3) is 0 Å². The first kappa shape index (κ1) is 19.7. The molecule has 0 saturated carbocycles. The molecule has 0 aromatic heterocycles. The van der Waals surface area contributed by atoms with E-state index in [1.165, 1.54) is 29.2 Å². The molecular weight excluding hydrogens is 370 g/mol. The Labute approximate surface area is 146 Å². The third-order valence-corrected chi connectivity index (χ3v) is 7.27. The predicted octanol–water partition coefficient (Wildman–Crippen LogP) is 0.759. The number of hydrogen-bond acceptors (Lipinski definition) is 6. The number of amides is 1. The minimum absolute atomic E-state index is 0.00335. The summed E-state index contributed by atoms with van der Waals surface area (Å²) in [7, 11) is -7.08. The number of benzene rings is 1. The lowest BCUT2D eigenvalue weighted by atomic mass is 9.89. The van der Waals surface area contributed by atoms with Crippen LogP contribution in [-0.4, -0.2) is 68.7 Å². The fourth-order valence-electron chi connectivity index (χ4n) is 2.70. The molecule has 25 heavy (non-hydrogen) atoms. The van der Waals surface area contributed by atoms with Gasteiger partial charge in [-0.1, -0.05) is 0 Å². The van der Waals surface area contributed by atoms with Gasteiger partial charge < -0.3 is 15.1 Å². The Morgan fingerprint density at radius 3 is 2.00 bits per heavy atom. The maximum atomic E-state index is 12.4. The molecule has 2 N–H and O–H groups in total. The summed E-state index contributed by atoms with van der Waals surface area (Å²) in [6, 6.07) is 4.95. The fraction of sp³-hybridized carbons (Fsp3) is 0.533. The molecule has 1 saturated heterocycles. The van der Waals surface area contributed by atoms with Gasteiger partial charge in [-0.05, 0) is 43.5 Å². The number of aliphatic hydroxyl groups is 1. The van der Waals surface area contributed by atoms with E-state index in [2.05, 4.69) is 0 Å². The Bertz CT molecular complexity index is 836. The Morgan fingerprint density at radius 2 is 1.56 bits per heavy atom. The topological polar surface area (TPSA) is 129 Å². The number of carbonyl (C=O) groups is 1. The molecule has 1 aromatic rings. The summed E-state index contributed by atoms with van der Waals surface area (Å²) in [6.07, 6.45) is 0.344. The van der Waals surface area contributed by atoms with Crippen molar-refractivity contribution in [1.82, 2.24) is 4.90 Å². The largest absolute Gasteiger partial charge is 0.465 e. The minimum Gasteiger partial charge on any atom is -0.465 e. The third kappa shape index (κ3) is 4.93. The zero-order valence-corrected chi connectivity index (χ0v) is 15.4. The van der Waals surface area contributed by atoms with Crippen LogP contribution in [0.4, 0.5) is 4.79 Å². The smallest absolute Gasteiger partial charge is 0.407 e. The van der Waals surface area contributed by atoms with E-state index < -0.39 is 31.4 Å². The second kappa shape index (κ2) is 6.93. The van der Waals surface area contributed by atoms with Gasteiger partial charge in [0.1, 0.15) is 0 Å². The van der Waals surface area contributed by atoms with Gasteiger partial charge in [-0.2, -0.15) is 0 Å². The van der Waals surface area contributed by atoms with Gasteiger partial charge in [0.05, 0.1) is 21.1 Å². The summed E-state index contributed by atoms with van der Waals surface area (Å²) >= 11 is 0. The summed E-state index contributed by atoms with van der Waals surface area (Å²) in [6.45, 7) is 0.323. The molecule has 1 amide bonds. The van der Waals surface area contributed by atoms with Crippen molar-refractivity contribution in [3.63, 3.8) is 0 Å².